The van der Waals surface area contributed by atoms with Gasteiger partial charge < -0.3 is 9.11 Å². The third-order valence-corrected chi connectivity index (χ3v) is 2.54. The first kappa shape index (κ1) is 22.0. The maximum atomic E-state index is 9.83. The minimum absolute atomic E-state index is 0. The van der Waals surface area contributed by atoms with Crippen LogP contribution in [0.1, 0.15) is 13.8 Å². The van der Waals surface area contributed by atoms with Gasteiger partial charge in [0.1, 0.15) is 0 Å². The van der Waals surface area contributed by atoms with E-state index in [1.807, 2.05) is 0 Å². The second-order valence-electron chi connectivity index (χ2n) is 3.32. The van der Waals surface area contributed by atoms with Gasteiger partial charge in [0, 0.05) is 0 Å². The molecule has 9 heteroatoms. The molecule has 0 amide bonds. The van der Waals surface area contributed by atoms with Crippen molar-refractivity contribution in [1.29, 1.82) is 0 Å². The van der Waals surface area contributed by atoms with Crippen molar-refractivity contribution in [2.75, 3.05) is 11.5 Å². The molecule has 1 radical (unpaired) electrons. The summed E-state index contributed by atoms with van der Waals surface area (Å²) in [7, 11) is -8.15. The van der Waals surface area contributed by atoms with Gasteiger partial charge >= 0.3 is 17.1 Å². The molecule has 0 unspecified atom stereocenters. The van der Waals surface area contributed by atoms with Crippen molar-refractivity contribution in [3.63, 3.8) is 0 Å². The second kappa shape index (κ2) is 8.84. The van der Waals surface area contributed by atoms with Crippen LogP contribution >= 0.6 is 0 Å². The number of hydrogen-bond acceptors (Lipinski definition) is 6. The molecule has 0 aromatic heterocycles. The van der Waals surface area contributed by atoms with Crippen LogP contribution < -0.4 is 0 Å². The van der Waals surface area contributed by atoms with E-state index < -0.39 is 31.7 Å². The van der Waals surface area contributed by atoms with Gasteiger partial charge in [0.25, 0.3) is 0 Å². The SMILES string of the molecule is C=C(C)CS(=O)(=O)[O-].C=C(C)CS(=O)(=O)[O-].[Cu+2]. The summed E-state index contributed by atoms with van der Waals surface area (Å²) in [5.41, 5.74) is 0.750. The fraction of sp³-hybridized carbons (Fsp3) is 0.500. The van der Waals surface area contributed by atoms with E-state index >= 15 is 0 Å². The van der Waals surface area contributed by atoms with E-state index in [2.05, 4.69) is 13.2 Å². The normalized spacial score (nSPS) is 10.6. The standard InChI is InChI=1S/2C4H8O3S.Cu/c2*1-4(2)3-8(5,6)7;/h2*1,3H2,2H3,(H,5,6,7);/q;;+2/p-2. The van der Waals surface area contributed by atoms with Gasteiger partial charge in [-0.2, -0.15) is 0 Å². The van der Waals surface area contributed by atoms with Crippen molar-refractivity contribution in [1.82, 2.24) is 0 Å². The molecule has 105 valence electrons. The topological polar surface area (TPSA) is 114 Å². The molecule has 0 N–H and O–H groups in total. The third kappa shape index (κ3) is 31.3. The van der Waals surface area contributed by atoms with Crippen LogP contribution in [-0.2, 0) is 37.3 Å². The average molecular weight is 334 g/mol. The molecule has 0 bridgehead atoms. The fourth-order valence-electron chi connectivity index (χ4n) is 0.604. The summed E-state index contributed by atoms with van der Waals surface area (Å²) in [4.78, 5) is 0. The molecule has 0 heterocycles. The Kier molecular flexibility index (Phi) is 11.5. The molecule has 0 aromatic rings. The Morgan fingerprint density at radius 3 is 1.06 bits per heavy atom. The molecule has 0 aromatic carbocycles. The Morgan fingerprint density at radius 1 is 0.882 bits per heavy atom. The van der Waals surface area contributed by atoms with E-state index in [1.54, 1.807) is 0 Å². The van der Waals surface area contributed by atoms with Crippen LogP contribution in [0.5, 0.6) is 0 Å². The molecular weight excluding hydrogens is 320 g/mol. The summed E-state index contributed by atoms with van der Waals surface area (Å²) in [6, 6.07) is 0. The maximum absolute atomic E-state index is 9.83. The molecule has 0 saturated carbocycles. The smallest absolute Gasteiger partial charge is 0.748 e. The monoisotopic (exact) mass is 333 g/mol. The molecule has 0 aliphatic heterocycles. The van der Waals surface area contributed by atoms with Gasteiger partial charge in [0.2, 0.25) is 0 Å². The first-order chi connectivity index (χ1) is 6.83. The molecule has 0 aliphatic rings. The summed E-state index contributed by atoms with van der Waals surface area (Å²) >= 11 is 0. The van der Waals surface area contributed by atoms with Crippen LogP contribution in [0.3, 0.4) is 0 Å². The Labute approximate surface area is 113 Å². The maximum Gasteiger partial charge on any atom is 2.00 e. The summed E-state index contributed by atoms with van der Waals surface area (Å²) in [5.74, 6) is -0.903. The molecule has 17 heavy (non-hydrogen) atoms. The van der Waals surface area contributed by atoms with Gasteiger partial charge in [-0.3, -0.25) is 0 Å². The van der Waals surface area contributed by atoms with Crippen LogP contribution in [0, 0.1) is 0 Å². The summed E-state index contributed by atoms with van der Waals surface area (Å²) in [6.45, 7) is 9.51. The number of hydrogen-bond donors (Lipinski definition) is 0. The minimum Gasteiger partial charge on any atom is -0.748 e. The van der Waals surface area contributed by atoms with E-state index in [4.69, 9.17) is 0 Å². The zero-order chi connectivity index (χ0) is 13.6. The van der Waals surface area contributed by atoms with E-state index in [0.717, 1.165) is 0 Å². The van der Waals surface area contributed by atoms with Gasteiger partial charge in [-0.25, -0.2) is 16.8 Å². The molecule has 0 fully saturated rings. The fourth-order valence-corrected chi connectivity index (χ4v) is 1.81. The molecule has 0 rings (SSSR count). The van der Waals surface area contributed by atoms with Crippen LogP contribution in [0.15, 0.2) is 24.3 Å². The van der Waals surface area contributed by atoms with Crippen molar-refractivity contribution >= 4 is 20.2 Å². The van der Waals surface area contributed by atoms with Crippen molar-refractivity contribution in [3.05, 3.63) is 24.3 Å². The molecule has 0 atom stereocenters. The van der Waals surface area contributed by atoms with Gasteiger partial charge in [-0.15, -0.1) is 0 Å². The zero-order valence-corrected chi connectivity index (χ0v) is 12.0. The Balaban J connectivity index is -0.000000218. The predicted molar refractivity (Wildman–Crippen MR) is 58.8 cm³/mol. The quantitative estimate of drug-likeness (QED) is 0.413. The summed E-state index contributed by atoms with van der Waals surface area (Å²) < 4.78 is 59.0. The van der Waals surface area contributed by atoms with E-state index in [9.17, 15) is 25.9 Å². The van der Waals surface area contributed by atoms with E-state index in [1.165, 1.54) is 13.8 Å². The Hall–Kier alpha value is -0.181. The Morgan fingerprint density at radius 2 is 1.06 bits per heavy atom. The summed E-state index contributed by atoms with van der Waals surface area (Å²) in [6.07, 6.45) is 0. The summed E-state index contributed by atoms with van der Waals surface area (Å²) in [5, 5.41) is 0. The van der Waals surface area contributed by atoms with Gasteiger partial charge in [0.05, 0.1) is 31.7 Å². The average Bonchev–Trinajstić information content (AvgIpc) is 1.72. The first-order valence-corrected chi connectivity index (χ1v) is 7.15. The van der Waals surface area contributed by atoms with Crippen LogP contribution in [-0.4, -0.2) is 37.4 Å². The van der Waals surface area contributed by atoms with Gasteiger partial charge in [0.15, 0.2) is 0 Å². The molecule has 0 spiro atoms. The third-order valence-electron chi connectivity index (χ3n) is 0.846. The van der Waals surface area contributed by atoms with Gasteiger partial charge in [-0.1, -0.05) is 24.3 Å². The van der Waals surface area contributed by atoms with E-state index in [0.29, 0.717) is 11.1 Å². The zero-order valence-electron chi connectivity index (χ0n) is 9.40. The van der Waals surface area contributed by atoms with Crippen LogP contribution in [0.4, 0.5) is 0 Å². The van der Waals surface area contributed by atoms with Crippen LogP contribution in [0.2, 0.25) is 0 Å². The second-order valence-corrected chi connectivity index (χ2v) is 6.13. The Bertz CT molecular complexity index is 404. The van der Waals surface area contributed by atoms with Crippen molar-refractivity contribution in [3.8, 4) is 0 Å². The molecule has 0 aliphatic carbocycles. The molecule has 0 saturated heterocycles. The molecular formula is C8H14CuO6S2. The van der Waals surface area contributed by atoms with Crippen molar-refractivity contribution in [2.45, 2.75) is 13.8 Å². The van der Waals surface area contributed by atoms with Gasteiger partial charge in [-0.05, 0) is 13.8 Å². The van der Waals surface area contributed by atoms with E-state index in [-0.39, 0.29) is 17.1 Å². The largest absolute Gasteiger partial charge is 2.00 e. The van der Waals surface area contributed by atoms with Crippen LogP contribution in [0.25, 0.3) is 0 Å². The van der Waals surface area contributed by atoms with Crippen molar-refractivity contribution < 1.29 is 43.0 Å². The first-order valence-electron chi connectivity index (χ1n) is 3.99. The number of rotatable bonds is 4. The predicted octanol–water partition coefficient (Wildman–Crippen LogP) is 0.213. The van der Waals surface area contributed by atoms with Crippen molar-refractivity contribution in [2.24, 2.45) is 0 Å². The molecule has 6 nitrogen and oxygen atoms in total. The minimum atomic E-state index is -4.07.